The summed E-state index contributed by atoms with van der Waals surface area (Å²) in [6.07, 6.45) is 1.72. The number of aliphatic imine (C=N–C) groups is 1. The fourth-order valence-electron chi connectivity index (χ4n) is 2.35. The van der Waals surface area contributed by atoms with Crippen LogP contribution < -0.4 is 4.90 Å². The van der Waals surface area contributed by atoms with Crippen molar-refractivity contribution in [2.45, 2.75) is 6.54 Å². The van der Waals surface area contributed by atoms with E-state index in [1.54, 1.807) is 6.34 Å². The number of quaternary nitrogens is 1. The Labute approximate surface area is 182 Å². The minimum absolute atomic E-state index is 0.345. The fourth-order valence-corrected chi connectivity index (χ4v) is 2.35. The van der Waals surface area contributed by atoms with Gasteiger partial charge < -0.3 is 4.90 Å². The molecule has 146 valence electrons. The molecule has 0 bridgehead atoms. The third-order valence-corrected chi connectivity index (χ3v) is 3.61. The Bertz CT molecular complexity index is 835. The molecule has 0 aliphatic carbocycles. The Kier molecular flexibility index (Phi) is 8.99. The Morgan fingerprint density at radius 2 is 1.57 bits per heavy atom. The van der Waals surface area contributed by atoms with Gasteiger partial charge in [0.15, 0.2) is 0 Å². The molecule has 0 atom stereocenters. The summed E-state index contributed by atoms with van der Waals surface area (Å²) in [5.41, 5.74) is 3.19. The number of halogens is 3. The molecule has 0 saturated heterocycles. The second-order valence-corrected chi connectivity index (χ2v) is 20.4. The number of anilines is 1. The molecule has 0 spiro atoms. The SMILES string of the molecule is CN(Cc1ccccc1)c1ccc(N=NC2=N[N+](C)(C)C=N2)cc1.[Cl][Zn-]([Cl])[Cl]. The van der Waals surface area contributed by atoms with Crippen molar-refractivity contribution in [1.82, 2.24) is 0 Å². The van der Waals surface area contributed by atoms with Gasteiger partial charge in [-0.05, 0) is 34.9 Å². The molecule has 3 rings (SSSR count). The summed E-state index contributed by atoms with van der Waals surface area (Å²) in [4.78, 5) is 6.32. The number of guanidine groups is 1. The second kappa shape index (κ2) is 11.0. The molecule has 0 saturated carbocycles. The van der Waals surface area contributed by atoms with Gasteiger partial charge in [0.25, 0.3) is 0 Å². The Morgan fingerprint density at radius 3 is 2.11 bits per heavy atom. The molecule has 1 heterocycles. The number of azo groups is 1. The molecule has 2 aromatic rings. The van der Waals surface area contributed by atoms with Crippen molar-refractivity contribution in [1.29, 1.82) is 0 Å². The van der Waals surface area contributed by atoms with Gasteiger partial charge in [0, 0.05) is 19.3 Å². The molecule has 0 radical (unpaired) electrons. The van der Waals surface area contributed by atoms with E-state index in [9.17, 15) is 0 Å². The standard InChI is InChI=1S/C18H21N6.3ClH.Zn/c1-23(13-15-7-5-4-6-8-15)17-11-9-16(10-12-17)20-21-18-19-14-24(2,3)22-18;;;;/h4-12,14H,13H2,1-3H3;3*1H;/q+1;;;;+2/p-3. The maximum atomic E-state index is 5.01. The molecule has 0 unspecified atom stereocenters. The molecule has 0 amide bonds. The van der Waals surface area contributed by atoms with E-state index in [0.717, 1.165) is 17.9 Å². The topological polar surface area (TPSA) is 52.7 Å². The first-order chi connectivity index (χ1) is 13.2. The van der Waals surface area contributed by atoms with E-state index in [-0.39, 0.29) is 0 Å². The van der Waals surface area contributed by atoms with Crippen molar-refractivity contribution in [2.75, 3.05) is 26.0 Å². The van der Waals surface area contributed by atoms with Crippen LogP contribution in [0.4, 0.5) is 11.4 Å². The molecule has 0 N–H and O–H groups in total. The summed E-state index contributed by atoms with van der Waals surface area (Å²) < 4.78 is 0.345. The fraction of sp³-hybridized carbons (Fsp3) is 0.222. The summed E-state index contributed by atoms with van der Waals surface area (Å²) in [7, 11) is 21.0. The molecular formula is C18H21Cl3N6Zn. The zero-order valence-corrected chi connectivity index (χ0v) is 21.2. The normalized spacial score (nSPS) is 14.4. The van der Waals surface area contributed by atoms with Crippen LogP contribution in [0.15, 0.2) is 74.9 Å². The summed E-state index contributed by atoms with van der Waals surface area (Å²) in [5, 5.41) is 12.6. The summed E-state index contributed by atoms with van der Waals surface area (Å²) >= 11 is -2.21. The van der Waals surface area contributed by atoms with E-state index in [4.69, 9.17) is 29.1 Å². The summed E-state index contributed by atoms with van der Waals surface area (Å²) in [6.45, 7) is 0.861. The molecular weight excluding hydrogens is 472 g/mol. The predicted molar refractivity (Wildman–Crippen MR) is 115 cm³/mol. The monoisotopic (exact) mass is 490 g/mol. The molecule has 1 aliphatic heterocycles. The Balaban J connectivity index is 0.000000640. The molecule has 1 aliphatic rings. The van der Waals surface area contributed by atoms with Crippen molar-refractivity contribution >= 4 is 52.7 Å². The zero-order chi connectivity index (χ0) is 20.6. The quantitative estimate of drug-likeness (QED) is 0.299. The van der Waals surface area contributed by atoms with Crippen LogP contribution >= 0.6 is 29.1 Å². The van der Waals surface area contributed by atoms with Crippen LogP contribution in [0.2, 0.25) is 0 Å². The van der Waals surface area contributed by atoms with Gasteiger partial charge in [0.1, 0.15) is 0 Å². The molecule has 0 aromatic heterocycles. The van der Waals surface area contributed by atoms with Crippen LogP contribution in [-0.2, 0) is 19.5 Å². The van der Waals surface area contributed by atoms with Gasteiger partial charge in [-0.3, -0.25) is 0 Å². The Morgan fingerprint density at radius 1 is 0.964 bits per heavy atom. The molecule has 2 aromatic carbocycles. The van der Waals surface area contributed by atoms with Crippen molar-refractivity contribution < 1.29 is 17.6 Å². The van der Waals surface area contributed by atoms with Crippen molar-refractivity contribution in [3.05, 3.63) is 60.2 Å². The van der Waals surface area contributed by atoms with Crippen molar-refractivity contribution in [3.63, 3.8) is 0 Å². The maximum absolute atomic E-state index is 5.01. The molecule has 6 nitrogen and oxygen atoms in total. The van der Waals surface area contributed by atoms with Crippen LogP contribution in [-0.4, -0.2) is 38.0 Å². The summed E-state index contributed by atoms with van der Waals surface area (Å²) in [5.74, 6) is 0.394. The number of nitrogens with zero attached hydrogens (tertiary/aromatic N) is 6. The predicted octanol–water partition coefficient (Wildman–Crippen LogP) is 5.86. The van der Waals surface area contributed by atoms with Crippen LogP contribution in [0.1, 0.15) is 5.56 Å². The number of hydrogen-bond acceptors (Lipinski definition) is 5. The summed E-state index contributed by atoms with van der Waals surface area (Å²) in [6, 6.07) is 18.4. The van der Waals surface area contributed by atoms with Gasteiger partial charge in [-0.25, -0.2) is 0 Å². The molecule has 0 fully saturated rings. The van der Waals surface area contributed by atoms with Crippen LogP contribution in [0.5, 0.6) is 0 Å². The van der Waals surface area contributed by atoms with Gasteiger partial charge in [0.2, 0.25) is 6.34 Å². The Hall–Kier alpha value is -1.37. The first-order valence-corrected chi connectivity index (χ1v) is 20.3. The first kappa shape index (κ1) is 22.9. The van der Waals surface area contributed by atoms with E-state index < -0.39 is 13.0 Å². The number of hydrogen-bond donors (Lipinski definition) is 0. The van der Waals surface area contributed by atoms with E-state index in [1.807, 2.05) is 44.4 Å². The van der Waals surface area contributed by atoms with Gasteiger partial charge in [0.05, 0.1) is 19.8 Å². The third-order valence-electron chi connectivity index (χ3n) is 3.61. The van der Waals surface area contributed by atoms with Crippen LogP contribution in [0.3, 0.4) is 0 Å². The van der Waals surface area contributed by atoms with Crippen molar-refractivity contribution in [2.24, 2.45) is 20.3 Å². The zero-order valence-electron chi connectivity index (χ0n) is 16.0. The van der Waals surface area contributed by atoms with E-state index in [2.05, 4.69) is 56.5 Å². The van der Waals surface area contributed by atoms with E-state index >= 15 is 0 Å². The molecule has 28 heavy (non-hydrogen) atoms. The number of rotatable bonds is 4. The van der Waals surface area contributed by atoms with Gasteiger partial charge >= 0.3 is 48.0 Å². The molecule has 10 heteroatoms. The van der Waals surface area contributed by atoms with Crippen LogP contribution in [0.25, 0.3) is 0 Å². The average molecular weight is 493 g/mol. The van der Waals surface area contributed by atoms with Gasteiger partial charge in [-0.2, -0.15) is 9.58 Å². The third kappa shape index (κ3) is 8.33. The first-order valence-electron chi connectivity index (χ1n) is 8.58. The van der Waals surface area contributed by atoms with Crippen molar-refractivity contribution in [3.8, 4) is 0 Å². The van der Waals surface area contributed by atoms with Gasteiger partial charge in [-0.1, -0.05) is 30.3 Å². The average Bonchev–Trinajstić information content (AvgIpc) is 3.00. The second-order valence-electron chi connectivity index (χ2n) is 6.48. The van der Waals surface area contributed by atoms with Gasteiger partial charge in [-0.15, -0.1) is 10.2 Å². The van der Waals surface area contributed by atoms with Crippen LogP contribution in [0, 0.1) is 0 Å². The van der Waals surface area contributed by atoms with E-state index in [1.165, 1.54) is 5.56 Å². The number of benzene rings is 2. The van der Waals surface area contributed by atoms with E-state index in [0.29, 0.717) is 10.6 Å². The minimum atomic E-state index is -2.21.